The van der Waals surface area contributed by atoms with E-state index in [-0.39, 0.29) is 17.5 Å². The lowest BCUT2D eigenvalue weighted by Gasteiger charge is -2.25. The van der Waals surface area contributed by atoms with Crippen LogP contribution in [0.1, 0.15) is 42.1 Å². The van der Waals surface area contributed by atoms with E-state index in [0.29, 0.717) is 18.0 Å². The van der Waals surface area contributed by atoms with Crippen LogP contribution in [-0.4, -0.2) is 27.5 Å². The number of ether oxygens (including phenoxy) is 1. The first-order chi connectivity index (χ1) is 16.1. The van der Waals surface area contributed by atoms with Crippen LogP contribution >= 0.6 is 0 Å². The van der Waals surface area contributed by atoms with Gasteiger partial charge in [0, 0.05) is 0 Å². The van der Waals surface area contributed by atoms with E-state index in [0.717, 1.165) is 26.6 Å². The van der Waals surface area contributed by atoms with Gasteiger partial charge in [-0.25, -0.2) is 8.42 Å². The van der Waals surface area contributed by atoms with Crippen LogP contribution in [0.2, 0.25) is 0 Å². The first-order valence-electron chi connectivity index (χ1n) is 11.3. The fourth-order valence-corrected chi connectivity index (χ4v) is 5.26. The predicted molar refractivity (Wildman–Crippen MR) is 136 cm³/mol. The van der Waals surface area contributed by atoms with Crippen LogP contribution < -0.4 is 14.4 Å². The highest BCUT2D eigenvalue weighted by molar-refractivity contribution is 7.92. The fraction of sp³-hybridized carbons (Fsp3) is 0.296. The van der Waals surface area contributed by atoms with Gasteiger partial charge in [-0.05, 0) is 82.1 Å². The molecular weight excluding hydrogens is 448 g/mol. The minimum absolute atomic E-state index is 0.127. The van der Waals surface area contributed by atoms with E-state index in [1.54, 1.807) is 48.5 Å². The molecule has 1 amide bonds. The van der Waals surface area contributed by atoms with Gasteiger partial charge in [0.1, 0.15) is 12.3 Å². The monoisotopic (exact) mass is 480 g/mol. The molecule has 7 heteroatoms. The molecule has 1 N–H and O–H groups in total. The Hall–Kier alpha value is -3.32. The molecule has 34 heavy (non-hydrogen) atoms. The number of nitrogens with one attached hydrogen (secondary N) is 1. The Morgan fingerprint density at radius 1 is 0.941 bits per heavy atom. The summed E-state index contributed by atoms with van der Waals surface area (Å²) in [6, 6.07) is 19.1. The topological polar surface area (TPSA) is 75.7 Å². The molecular formula is C27H32N2O4S. The van der Waals surface area contributed by atoms with E-state index in [9.17, 15) is 13.2 Å². The second kappa shape index (κ2) is 10.7. The van der Waals surface area contributed by atoms with Gasteiger partial charge in [0.25, 0.3) is 10.0 Å². The number of sulfonamides is 1. The Morgan fingerprint density at radius 2 is 1.56 bits per heavy atom. The molecule has 0 aliphatic rings. The standard InChI is InChI=1S/C27H32N2O4S/c1-6-33-24-12-10-23(11-13-24)29(34(31,32)25-14-7-19(2)8-15-25)18-27(30)28-22(5)26-16-9-20(3)17-21(26)4/h7-17,22H,6,18H2,1-5H3,(H,28,30). The Balaban J connectivity index is 1.90. The third-order valence-corrected chi connectivity index (χ3v) is 7.39. The molecule has 0 bridgehead atoms. The number of rotatable bonds is 9. The molecule has 0 radical (unpaired) electrons. The van der Waals surface area contributed by atoms with Gasteiger partial charge in [0.15, 0.2) is 0 Å². The van der Waals surface area contributed by atoms with Gasteiger partial charge >= 0.3 is 0 Å². The lowest BCUT2D eigenvalue weighted by molar-refractivity contribution is -0.120. The number of amides is 1. The number of anilines is 1. The van der Waals surface area contributed by atoms with E-state index in [1.807, 2.05) is 46.8 Å². The molecule has 6 nitrogen and oxygen atoms in total. The van der Waals surface area contributed by atoms with Gasteiger partial charge in [-0.1, -0.05) is 41.5 Å². The van der Waals surface area contributed by atoms with Crippen molar-refractivity contribution in [2.75, 3.05) is 17.5 Å². The molecule has 0 saturated heterocycles. The van der Waals surface area contributed by atoms with Crippen molar-refractivity contribution in [1.29, 1.82) is 0 Å². The third kappa shape index (κ3) is 5.97. The van der Waals surface area contributed by atoms with E-state index in [1.165, 1.54) is 0 Å². The number of carbonyl (C=O) groups excluding carboxylic acids is 1. The number of carbonyl (C=O) groups is 1. The van der Waals surface area contributed by atoms with Gasteiger partial charge in [-0.15, -0.1) is 0 Å². The summed E-state index contributed by atoms with van der Waals surface area (Å²) in [5.41, 5.74) is 4.55. The summed E-state index contributed by atoms with van der Waals surface area (Å²) in [5, 5.41) is 2.95. The van der Waals surface area contributed by atoms with Crippen LogP contribution in [0, 0.1) is 20.8 Å². The van der Waals surface area contributed by atoms with Crippen LogP contribution in [0.5, 0.6) is 5.75 Å². The van der Waals surface area contributed by atoms with Crippen LogP contribution in [0.25, 0.3) is 0 Å². The third-order valence-electron chi connectivity index (χ3n) is 5.60. The van der Waals surface area contributed by atoms with Crippen LogP contribution in [0.15, 0.2) is 71.6 Å². The molecule has 0 spiro atoms. The smallest absolute Gasteiger partial charge is 0.264 e. The van der Waals surface area contributed by atoms with Gasteiger partial charge in [0.2, 0.25) is 5.91 Å². The molecule has 3 aromatic carbocycles. The Kier molecular flexibility index (Phi) is 7.99. The maximum absolute atomic E-state index is 13.6. The minimum Gasteiger partial charge on any atom is -0.494 e. The predicted octanol–water partition coefficient (Wildman–Crippen LogP) is 5.08. The Morgan fingerprint density at radius 3 is 2.15 bits per heavy atom. The maximum atomic E-state index is 13.6. The van der Waals surface area contributed by atoms with E-state index in [2.05, 4.69) is 11.4 Å². The maximum Gasteiger partial charge on any atom is 0.264 e. The quantitative estimate of drug-likeness (QED) is 0.463. The number of nitrogens with zero attached hydrogens (tertiary/aromatic N) is 1. The summed E-state index contributed by atoms with van der Waals surface area (Å²) in [7, 11) is -3.97. The summed E-state index contributed by atoms with van der Waals surface area (Å²) < 4.78 is 33.7. The lowest BCUT2D eigenvalue weighted by Crippen LogP contribution is -2.41. The van der Waals surface area contributed by atoms with E-state index < -0.39 is 15.9 Å². The van der Waals surface area contributed by atoms with Crippen molar-refractivity contribution in [3.63, 3.8) is 0 Å². The van der Waals surface area contributed by atoms with Crippen molar-refractivity contribution in [3.05, 3.63) is 89.0 Å². The molecule has 0 heterocycles. The summed E-state index contributed by atoms with van der Waals surface area (Å²) in [6.07, 6.45) is 0. The average molecular weight is 481 g/mol. The minimum atomic E-state index is -3.97. The van der Waals surface area contributed by atoms with Gasteiger partial charge in [-0.3, -0.25) is 9.10 Å². The SMILES string of the molecule is CCOc1ccc(N(CC(=O)NC(C)c2ccc(C)cc2C)S(=O)(=O)c2ccc(C)cc2)cc1. The number of aryl methyl sites for hydroxylation is 3. The van der Waals surface area contributed by atoms with Crippen molar-refractivity contribution in [1.82, 2.24) is 5.32 Å². The largest absolute Gasteiger partial charge is 0.494 e. The second-order valence-corrected chi connectivity index (χ2v) is 10.3. The van der Waals surface area contributed by atoms with E-state index >= 15 is 0 Å². The molecule has 1 atom stereocenters. The van der Waals surface area contributed by atoms with E-state index in [4.69, 9.17) is 4.74 Å². The molecule has 0 saturated carbocycles. The second-order valence-electron chi connectivity index (χ2n) is 8.40. The Bertz CT molecular complexity index is 1240. The zero-order valence-electron chi connectivity index (χ0n) is 20.3. The lowest BCUT2D eigenvalue weighted by atomic mass is 10.0. The molecule has 3 rings (SSSR count). The molecule has 1 unspecified atom stereocenters. The van der Waals surface area contributed by atoms with Crippen molar-refractivity contribution in [3.8, 4) is 5.75 Å². The normalized spacial score (nSPS) is 12.1. The number of hydrogen-bond donors (Lipinski definition) is 1. The average Bonchev–Trinajstić information content (AvgIpc) is 2.78. The van der Waals surface area contributed by atoms with Gasteiger partial charge in [-0.2, -0.15) is 0 Å². The molecule has 180 valence electrons. The molecule has 0 fully saturated rings. The van der Waals surface area contributed by atoms with Gasteiger partial charge < -0.3 is 10.1 Å². The zero-order valence-corrected chi connectivity index (χ0v) is 21.1. The summed E-state index contributed by atoms with van der Waals surface area (Å²) in [6.45, 7) is 9.84. The van der Waals surface area contributed by atoms with Crippen LogP contribution in [-0.2, 0) is 14.8 Å². The first kappa shape index (κ1) is 25.3. The summed E-state index contributed by atoms with van der Waals surface area (Å²) in [4.78, 5) is 13.2. The first-order valence-corrected chi connectivity index (χ1v) is 12.7. The van der Waals surface area contributed by atoms with Crippen molar-refractivity contribution >= 4 is 21.6 Å². The molecule has 0 aromatic heterocycles. The molecule has 0 aliphatic carbocycles. The van der Waals surface area contributed by atoms with Crippen LogP contribution in [0.4, 0.5) is 5.69 Å². The zero-order chi connectivity index (χ0) is 24.9. The van der Waals surface area contributed by atoms with Crippen molar-refractivity contribution in [2.45, 2.75) is 45.6 Å². The Labute approximate surface area is 202 Å². The summed E-state index contributed by atoms with van der Waals surface area (Å²) in [5.74, 6) is 0.240. The van der Waals surface area contributed by atoms with Crippen molar-refractivity contribution in [2.24, 2.45) is 0 Å². The van der Waals surface area contributed by atoms with Crippen molar-refractivity contribution < 1.29 is 17.9 Å². The highest BCUT2D eigenvalue weighted by Gasteiger charge is 2.28. The fourth-order valence-electron chi connectivity index (χ4n) is 3.83. The highest BCUT2D eigenvalue weighted by Crippen LogP contribution is 2.26. The molecule has 0 aliphatic heterocycles. The number of benzene rings is 3. The van der Waals surface area contributed by atoms with Crippen LogP contribution in [0.3, 0.4) is 0 Å². The van der Waals surface area contributed by atoms with Gasteiger partial charge in [0.05, 0.1) is 23.2 Å². The summed E-state index contributed by atoms with van der Waals surface area (Å²) >= 11 is 0. The molecule has 3 aromatic rings. The number of hydrogen-bond acceptors (Lipinski definition) is 4. The highest BCUT2D eigenvalue weighted by atomic mass is 32.2.